The largest absolute Gasteiger partial charge is 0.482 e. The number of methoxy groups -OCH3 is 1. The van der Waals surface area contributed by atoms with Gasteiger partial charge in [-0.3, -0.25) is 0 Å². The molecule has 0 heterocycles. The summed E-state index contributed by atoms with van der Waals surface area (Å²) in [5.74, 6) is 0. The Morgan fingerprint density at radius 3 is 2.68 bits per heavy atom. The van der Waals surface area contributed by atoms with Crippen LogP contribution in [0.2, 0.25) is 0 Å². The molecule has 0 N–H and O–H groups in total. The third kappa shape index (κ3) is 13.0. The highest BCUT2D eigenvalue weighted by atomic mass is 32.2. The Morgan fingerprint density at radius 2 is 2.11 bits per heavy atom. The summed E-state index contributed by atoms with van der Waals surface area (Å²) in [6.45, 7) is 4.05. The maximum absolute atomic E-state index is 11.8. The van der Waals surface area contributed by atoms with Gasteiger partial charge >= 0.3 is 5.51 Å². The minimum absolute atomic E-state index is 0.528. The lowest BCUT2D eigenvalue weighted by Gasteiger charge is -2.01. The van der Waals surface area contributed by atoms with Crippen molar-refractivity contribution < 1.29 is 22.2 Å². The van der Waals surface area contributed by atoms with Crippen molar-refractivity contribution in [1.29, 1.82) is 0 Å². The Balaban J connectivity index is 4.09. The summed E-state index contributed by atoms with van der Waals surface area (Å²) in [5.41, 5.74) is -3.73. The molecule has 0 saturated heterocycles. The average molecular weight is 295 g/mol. The molecule has 0 radical (unpaired) electrons. The standard InChI is InChI=1S/C12H16F3NO2S/c1-3-7-11(8-5-4-6-9-17-2)10-16-18-19-12(13,14)15/h3-4,6-7,10H,1,5,8-9H2,2H3/b6-4-,11-7+,16-10?. The van der Waals surface area contributed by atoms with Crippen LogP contribution in [0.3, 0.4) is 0 Å². The van der Waals surface area contributed by atoms with Gasteiger partial charge < -0.3 is 9.02 Å². The van der Waals surface area contributed by atoms with E-state index in [1.807, 2.05) is 12.2 Å². The quantitative estimate of drug-likeness (QED) is 0.209. The van der Waals surface area contributed by atoms with Gasteiger partial charge in [0.15, 0.2) is 0 Å². The fourth-order valence-corrected chi connectivity index (χ4v) is 1.20. The van der Waals surface area contributed by atoms with Gasteiger partial charge in [0.1, 0.15) is 0 Å². The molecule has 19 heavy (non-hydrogen) atoms. The van der Waals surface area contributed by atoms with E-state index in [0.29, 0.717) is 13.0 Å². The van der Waals surface area contributed by atoms with Gasteiger partial charge in [0.25, 0.3) is 0 Å². The zero-order chi connectivity index (χ0) is 14.6. The van der Waals surface area contributed by atoms with Crippen molar-refractivity contribution in [2.45, 2.75) is 18.3 Å². The second-order valence-corrected chi connectivity index (χ2v) is 4.06. The Bertz CT molecular complexity index is 338. The van der Waals surface area contributed by atoms with Gasteiger partial charge in [-0.05, 0) is 18.4 Å². The summed E-state index contributed by atoms with van der Waals surface area (Å²) < 4.78 is 44.2. The predicted octanol–water partition coefficient (Wildman–Crippen LogP) is 4.25. The van der Waals surface area contributed by atoms with Crippen molar-refractivity contribution >= 4 is 18.3 Å². The number of rotatable bonds is 9. The van der Waals surface area contributed by atoms with Crippen LogP contribution in [-0.4, -0.2) is 25.4 Å². The van der Waals surface area contributed by atoms with Crippen molar-refractivity contribution in [1.82, 2.24) is 0 Å². The molecule has 0 rings (SSSR count). The first-order valence-electron chi connectivity index (χ1n) is 5.40. The van der Waals surface area contributed by atoms with Gasteiger partial charge in [0.2, 0.25) is 12.0 Å². The molecule has 0 saturated carbocycles. The maximum Gasteiger partial charge on any atom is 0.482 e. The number of allylic oxidation sites excluding steroid dienone is 4. The molecule has 0 aromatic heterocycles. The topological polar surface area (TPSA) is 30.8 Å². The van der Waals surface area contributed by atoms with Crippen molar-refractivity contribution in [2.24, 2.45) is 5.16 Å². The van der Waals surface area contributed by atoms with Crippen LogP contribution in [0.5, 0.6) is 0 Å². The first-order chi connectivity index (χ1) is 8.99. The van der Waals surface area contributed by atoms with Crippen LogP contribution >= 0.6 is 12.0 Å². The minimum atomic E-state index is -4.46. The molecule has 7 heteroatoms. The normalized spacial score (nSPS) is 13.4. The van der Waals surface area contributed by atoms with Crippen LogP contribution in [-0.2, 0) is 9.02 Å². The Labute approximate surface area is 115 Å². The van der Waals surface area contributed by atoms with E-state index in [1.54, 1.807) is 13.2 Å². The Kier molecular flexibility index (Phi) is 10.0. The molecule has 0 spiro atoms. The molecule has 0 amide bonds. The van der Waals surface area contributed by atoms with E-state index in [0.717, 1.165) is 12.0 Å². The van der Waals surface area contributed by atoms with Crippen LogP contribution in [0.4, 0.5) is 13.2 Å². The Morgan fingerprint density at radius 1 is 1.37 bits per heavy atom. The highest BCUT2D eigenvalue weighted by molar-refractivity contribution is 7.95. The van der Waals surface area contributed by atoms with Gasteiger partial charge in [-0.1, -0.05) is 36.0 Å². The van der Waals surface area contributed by atoms with E-state index in [2.05, 4.69) is 16.0 Å². The molecule has 108 valence electrons. The number of hydrogen-bond donors (Lipinski definition) is 0. The summed E-state index contributed by atoms with van der Waals surface area (Å²) in [6, 6.07) is 0. The highest BCUT2D eigenvalue weighted by Crippen LogP contribution is 2.30. The fourth-order valence-electron chi connectivity index (χ4n) is 1.03. The van der Waals surface area contributed by atoms with Crippen molar-refractivity contribution in [3.63, 3.8) is 0 Å². The number of ether oxygens (including phenoxy) is 1. The van der Waals surface area contributed by atoms with E-state index < -0.39 is 17.6 Å². The van der Waals surface area contributed by atoms with Gasteiger partial charge in [-0.15, -0.1) is 0 Å². The van der Waals surface area contributed by atoms with Crippen molar-refractivity contribution in [3.8, 4) is 0 Å². The molecule has 0 aliphatic carbocycles. The van der Waals surface area contributed by atoms with Crippen LogP contribution in [0.1, 0.15) is 12.8 Å². The lowest BCUT2D eigenvalue weighted by molar-refractivity contribution is -0.0395. The number of alkyl halides is 3. The molecule has 0 bridgehead atoms. The van der Waals surface area contributed by atoms with Crippen LogP contribution in [0.15, 0.2) is 41.6 Å². The van der Waals surface area contributed by atoms with E-state index >= 15 is 0 Å². The molecule has 0 aliphatic heterocycles. The molecule has 0 fully saturated rings. The fraction of sp³-hybridized carbons (Fsp3) is 0.417. The molecule has 0 aromatic carbocycles. The lowest BCUT2D eigenvalue weighted by Crippen LogP contribution is -1.99. The highest BCUT2D eigenvalue weighted by Gasteiger charge is 2.31. The predicted molar refractivity (Wildman–Crippen MR) is 71.8 cm³/mol. The van der Waals surface area contributed by atoms with E-state index in [9.17, 15) is 13.2 Å². The average Bonchev–Trinajstić information content (AvgIpc) is 2.33. The number of hydrogen-bond acceptors (Lipinski definition) is 4. The van der Waals surface area contributed by atoms with Crippen LogP contribution in [0, 0.1) is 0 Å². The number of halogens is 3. The summed E-state index contributed by atoms with van der Waals surface area (Å²) in [4.78, 5) is 0. The summed E-state index contributed by atoms with van der Waals surface area (Å²) >= 11 is -0.653. The van der Waals surface area contributed by atoms with Gasteiger partial charge in [0, 0.05) is 7.11 Å². The lowest BCUT2D eigenvalue weighted by atomic mass is 10.1. The van der Waals surface area contributed by atoms with Crippen LogP contribution in [0.25, 0.3) is 0 Å². The first-order valence-corrected chi connectivity index (χ1v) is 6.14. The van der Waals surface area contributed by atoms with E-state index in [4.69, 9.17) is 4.74 Å². The maximum atomic E-state index is 11.8. The van der Waals surface area contributed by atoms with Gasteiger partial charge in [-0.25, -0.2) is 0 Å². The van der Waals surface area contributed by atoms with Crippen LogP contribution < -0.4 is 0 Å². The zero-order valence-electron chi connectivity index (χ0n) is 10.5. The smallest absolute Gasteiger partial charge is 0.381 e. The first kappa shape index (κ1) is 17.8. The van der Waals surface area contributed by atoms with E-state index in [1.165, 1.54) is 12.3 Å². The SMILES string of the molecule is C=C/C=C(/C=NOSC(F)(F)F)CC/C=C\COC. The second kappa shape index (κ2) is 10.7. The molecule has 0 aliphatic rings. The molecular formula is C12H16F3NO2S. The second-order valence-electron chi connectivity index (χ2n) is 3.28. The summed E-state index contributed by atoms with van der Waals surface area (Å²) in [7, 11) is 1.59. The molecule has 0 atom stereocenters. The third-order valence-electron chi connectivity index (χ3n) is 1.75. The van der Waals surface area contributed by atoms with Crippen molar-refractivity contribution in [3.05, 3.63) is 36.5 Å². The zero-order valence-corrected chi connectivity index (χ0v) is 11.3. The molecular weight excluding hydrogens is 279 g/mol. The summed E-state index contributed by atoms with van der Waals surface area (Å²) in [5, 5.41) is 3.24. The molecule has 0 unspecified atom stereocenters. The minimum Gasteiger partial charge on any atom is -0.381 e. The summed E-state index contributed by atoms with van der Waals surface area (Å²) in [6.07, 6.45) is 9.56. The molecule has 3 nitrogen and oxygen atoms in total. The third-order valence-corrected chi connectivity index (χ3v) is 2.10. The van der Waals surface area contributed by atoms with Gasteiger partial charge in [-0.2, -0.15) is 13.2 Å². The number of oxime groups is 1. The van der Waals surface area contributed by atoms with Crippen molar-refractivity contribution in [2.75, 3.05) is 13.7 Å². The Hall–Kier alpha value is -1.21. The van der Waals surface area contributed by atoms with Gasteiger partial charge in [0.05, 0.1) is 12.8 Å². The molecule has 0 aromatic rings. The van der Waals surface area contributed by atoms with E-state index in [-0.39, 0.29) is 0 Å². The number of nitrogens with zero attached hydrogens (tertiary/aromatic N) is 1. The monoisotopic (exact) mass is 295 g/mol.